The van der Waals surface area contributed by atoms with E-state index in [9.17, 15) is 4.79 Å². The van der Waals surface area contributed by atoms with Crippen LogP contribution in [0.1, 0.15) is 28.4 Å². The van der Waals surface area contributed by atoms with Crippen molar-refractivity contribution in [2.45, 2.75) is 39.2 Å². The lowest BCUT2D eigenvalue weighted by Gasteiger charge is -2.32. The number of piperidine rings is 1. The second kappa shape index (κ2) is 8.15. The molecule has 0 saturated carbocycles. The number of carbonyl (C=O) groups excluding carboxylic acids is 1. The molecule has 0 atom stereocenters. The van der Waals surface area contributed by atoms with E-state index in [1.54, 1.807) is 11.3 Å². The van der Waals surface area contributed by atoms with Crippen LogP contribution in [0.25, 0.3) is 0 Å². The maximum atomic E-state index is 12.1. The number of nitrogens with zero attached hydrogens (tertiary/aromatic N) is 2. The van der Waals surface area contributed by atoms with Gasteiger partial charge in [-0.15, -0.1) is 11.3 Å². The van der Waals surface area contributed by atoms with Gasteiger partial charge in [-0.1, -0.05) is 0 Å². The highest BCUT2D eigenvalue weighted by Gasteiger charge is 2.21. The van der Waals surface area contributed by atoms with E-state index in [0.29, 0.717) is 12.5 Å². The predicted octanol–water partition coefficient (Wildman–Crippen LogP) is 2.25. The van der Waals surface area contributed by atoms with Crippen LogP contribution in [0.15, 0.2) is 0 Å². The number of hydrogen-bond donors (Lipinski definition) is 1. The van der Waals surface area contributed by atoms with Crippen molar-refractivity contribution in [3.05, 3.63) is 15.6 Å². The van der Waals surface area contributed by atoms with Gasteiger partial charge in [0, 0.05) is 36.3 Å². The number of aryl methyl sites for hydroxylation is 2. The van der Waals surface area contributed by atoms with Gasteiger partial charge in [-0.2, -0.15) is 11.8 Å². The van der Waals surface area contributed by atoms with E-state index in [2.05, 4.69) is 21.5 Å². The Morgan fingerprint density at radius 2 is 2.14 bits per heavy atom. The van der Waals surface area contributed by atoms with Crippen LogP contribution in [0.3, 0.4) is 0 Å². The summed E-state index contributed by atoms with van der Waals surface area (Å²) < 4.78 is 0. The second-order valence-electron chi connectivity index (χ2n) is 5.59. The molecule has 6 heteroatoms. The number of thioether (sulfide) groups is 1. The summed E-state index contributed by atoms with van der Waals surface area (Å²) in [6.07, 6.45) is 4.70. The van der Waals surface area contributed by atoms with E-state index in [1.807, 2.05) is 25.6 Å². The summed E-state index contributed by atoms with van der Waals surface area (Å²) in [4.78, 5) is 20.2. The molecule has 118 valence electrons. The molecule has 21 heavy (non-hydrogen) atoms. The zero-order valence-electron chi connectivity index (χ0n) is 13.1. The molecule has 0 spiro atoms. The Bertz CT molecular complexity index is 467. The number of aromatic nitrogens is 1. The van der Waals surface area contributed by atoms with Crippen LogP contribution < -0.4 is 5.32 Å². The van der Waals surface area contributed by atoms with Crippen LogP contribution in [0.2, 0.25) is 0 Å². The largest absolute Gasteiger partial charge is 0.353 e. The van der Waals surface area contributed by atoms with Crippen molar-refractivity contribution in [1.82, 2.24) is 15.2 Å². The summed E-state index contributed by atoms with van der Waals surface area (Å²) in [5.74, 6) is 1.31. The molecule has 0 aliphatic carbocycles. The van der Waals surface area contributed by atoms with Crippen LogP contribution in [0, 0.1) is 13.8 Å². The molecule has 1 saturated heterocycles. The maximum Gasteiger partial charge on any atom is 0.226 e. The van der Waals surface area contributed by atoms with Gasteiger partial charge in [-0.25, -0.2) is 4.98 Å². The third-order valence-corrected chi connectivity index (χ3v) is 5.41. The van der Waals surface area contributed by atoms with E-state index in [1.165, 1.54) is 12.3 Å². The van der Waals surface area contributed by atoms with Gasteiger partial charge in [0.15, 0.2) is 0 Å². The van der Waals surface area contributed by atoms with Crippen molar-refractivity contribution >= 4 is 29.0 Å². The van der Waals surface area contributed by atoms with Crippen LogP contribution >= 0.6 is 23.1 Å². The fraction of sp³-hybridized carbons (Fsp3) is 0.733. The molecule has 1 amide bonds. The Morgan fingerprint density at radius 1 is 1.43 bits per heavy atom. The van der Waals surface area contributed by atoms with Gasteiger partial charge in [0.1, 0.15) is 0 Å². The molecular weight excluding hydrogens is 302 g/mol. The van der Waals surface area contributed by atoms with Crippen LogP contribution in [0.5, 0.6) is 0 Å². The average Bonchev–Trinajstić information content (AvgIpc) is 2.76. The number of hydrogen-bond acceptors (Lipinski definition) is 5. The number of amides is 1. The molecule has 1 fully saturated rings. The van der Waals surface area contributed by atoms with E-state index in [0.717, 1.165) is 41.5 Å². The lowest BCUT2D eigenvalue weighted by molar-refractivity contribution is -0.121. The third kappa shape index (κ3) is 5.27. The lowest BCUT2D eigenvalue weighted by Crippen LogP contribution is -2.45. The van der Waals surface area contributed by atoms with Gasteiger partial charge in [-0.3, -0.25) is 4.79 Å². The number of likely N-dealkylation sites (tertiary alicyclic amines) is 1. The minimum absolute atomic E-state index is 0.117. The van der Waals surface area contributed by atoms with Crippen molar-refractivity contribution in [3.63, 3.8) is 0 Å². The first-order valence-electron chi connectivity index (χ1n) is 7.52. The van der Waals surface area contributed by atoms with E-state index in [4.69, 9.17) is 0 Å². The minimum Gasteiger partial charge on any atom is -0.353 e. The highest BCUT2D eigenvalue weighted by molar-refractivity contribution is 7.98. The monoisotopic (exact) mass is 327 g/mol. The van der Waals surface area contributed by atoms with Crippen LogP contribution in [-0.2, 0) is 11.2 Å². The Labute approximate surface area is 135 Å². The fourth-order valence-electron chi connectivity index (χ4n) is 2.69. The smallest absolute Gasteiger partial charge is 0.226 e. The van der Waals surface area contributed by atoms with E-state index in [-0.39, 0.29) is 5.91 Å². The molecule has 0 aromatic carbocycles. The highest BCUT2D eigenvalue weighted by atomic mass is 32.2. The number of rotatable bonds is 6. The van der Waals surface area contributed by atoms with Crippen molar-refractivity contribution in [1.29, 1.82) is 0 Å². The van der Waals surface area contributed by atoms with Gasteiger partial charge in [0.25, 0.3) is 0 Å². The molecule has 1 aliphatic rings. The Balaban J connectivity index is 1.73. The summed E-state index contributed by atoms with van der Waals surface area (Å²) in [7, 11) is 0. The van der Waals surface area contributed by atoms with Gasteiger partial charge in [0.05, 0.1) is 17.1 Å². The zero-order chi connectivity index (χ0) is 15.2. The summed E-state index contributed by atoms with van der Waals surface area (Å²) in [5, 5.41) is 4.21. The minimum atomic E-state index is 0.117. The quantitative estimate of drug-likeness (QED) is 0.870. The molecule has 0 bridgehead atoms. The first kappa shape index (κ1) is 16.8. The first-order valence-corrected chi connectivity index (χ1v) is 9.73. The zero-order valence-corrected chi connectivity index (χ0v) is 14.8. The van der Waals surface area contributed by atoms with Crippen LogP contribution in [0.4, 0.5) is 0 Å². The highest BCUT2D eigenvalue weighted by Crippen LogP contribution is 2.17. The molecule has 2 rings (SSSR count). The number of nitrogens with one attached hydrogen (secondary N) is 1. The maximum absolute atomic E-state index is 12.1. The van der Waals surface area contributed by atoms with Crippen LogP contribution in [-0.4, -0.2) is 53.5 Å². The SMILES string of the molecule is CSCCN1CCC(NC(=O)Cc2nc(C)sc2C)CC1. The summed E-state index contributed by atoms with van der Waals surface area (Å²) >= 11 is 3.56. The van der Waals surface area contributed by atoms with Crippen molar-refractivity contribution in [2.75, 3.05) is 31.6 Å². The third-order valence-electron chi connectivity index (χ3n) is 3.89. The Morgan fingerprint density at radius 3 is 2.71 bits per heavy atom. The van der Waals surface area contributed by atoms with Crippen molar-refractivity contribution in [2.24, 2.45) is 0 Å². The summed E-state index contributed by atoms with van der Waals surface area (Å²) in [6, 6.07) is 0.336. The number of carbonyl (C=O) groups is 1. The molecule has 2 heterocycles. The van der Waals surface area contributed by atoms with Crippen molar-refractivity contribution < 1.29 is 4.79 Å². The molecule has 1 aromatic rings. The molecule has 0 radical (unpaired) electrons. The summed E-state index contributed by atoms with van der Waals surface area (Å²) in [6.45, 7) is 7.39. The van der Waals surface area contributed by atoms with E-state index >= 15 is 0 Å². The Kier molecular flexibility index (Phi) is 6.51. The number of thiazole rings is 1. The second-order valence-corrected chi connectivity index (χ2v) is 7.98. The van der Waals surface area contributed by atoms with Gasteiger partial charge in [0.2, 0.25) is 5.91 Å². The first-order chi connectivity index (χ1) is 10.1. The lowest BCUT2D eigenvalue weighted by atomic mass is 10.0. The normalized spacial score (nSPS) is 17.1. The molecule has 1 aliphatic heterocycles. The van der Waals surface area contributed by atoms with E-state index < -0.39 is 0 Å². The molecule has 1 aromatic heterocycles. The van der Waals surface area contributed by atoms with Gasteiger partial charge >= 0.3 is 0 Å². The standard InChI is InChI=1S/C15H25N3OS2/c1-11-14(16-12(2)21-11)10-15(19)17-13-4-6-18(7-5-13)8-9-20-3/h13H,4-10H2,1-3H3,(H,17,19). The molecule has 0 unspecified atom stereocenters. The molecular formula is C15H25N3OS2. The molecule has 4 nitrogen and oxygen atoms in total. The van der Waals surface area contributed by atoms with Gasteiger partial charge < -0.3 is 10.2 Å². The fourth-order valence-corrected chi connectivity index (χ4v) is 3.96. The average molecular weight is 328 g/mol. The topological polar surface area (TPSA) is 45.2 Å². The van der Waals surface area contributed by atoms with Gasteiger partial charge in [-0.05, 0) is 32.9 Å². The summed E-state index contributed by atoms with van der Waals surface area (Å²) in [5.41, 5.74) is 0.937. The molecule has 1 N–H and O–H groups in total. The predicted molar refractivity (Wildman–Crippen MR) is 91.3 cm³/mol. The Hall–Kier alpha value is -0.590. The van der Waals surface area contributed by atoms with Crippen molar-refractivity contribution in [3.8, 4) is 0 Å².